The number of aromatic nitrogens is 2. The van der Waals surface area contributed by atoms with Gasteiger partial charge >= 0.3 is 5.69 Å². The minimum Gasteiger partial charge on any atom is -0.297 e. The lowest BCUT2D eigenvalue weighted by atomic mass is 10.1. The largest absolute Gasteiger partial charge is 0.329 e. The van der Waals surface area contributed by atoms with Crippen molar-refractivity contribution in [2.45, 2.75) is 51.5 Å². The summed E-state index contributed by atoms with van der Waals surface area (Å²) in [6, 6.07) is 0.101. The maximum Gasteiger partial charge on any atom is 0.329 e. The Morgan fingerprint density at radius 2 is 1.84 bits per heavy atom. The first kappa shape index (κ1) is 13.0. The van der Waals surface area contributed by atoms with Gasteiger partial charge in [-0.3, -0.25) is 14.3 Å². The normalized spacial score (nSPS) is 19.1. The molecule has 0 radical (unpaired) electrons. The van der Waals surface area contributed by atoms with Gasteiger partial charge in [-0.2, -0.15) is 0 Å². The van der Waals surface area contributed by atoms with Crippen LogP contribution >= 0.6 is 11.6 Å². The topological polar surface area (TPSA) is 54.9 Å². The summed E-state index contributed by atoms with van der Waals surface area (Å²) in [6.07, 6.45) is 6.02. The number of nitrogens with zero attached hydrogens (tertiary/aromatic N) is 1. The highest BCUT2D eigenvalue weighted by atomic mass is 35.5. The van der Waals surface area contributed by atoms with E-state index in [4.69, 9.17) is 11.6 Å². The lowest BCUT2D eigenvalue weighted by molar-refractivity contribution is 0.368. The van der Waals surface area contributed by atoms with Crippen molar-refractivity contribution in [1.29, 1.82) is 0 Å². The monoisotopic (exact) mass is 282 g/mol. The number of H-pyrrole nitrogens is 1. The predicted octanol–water partition coefficient (Wildman–Crippen LogP) is 2.50. The van der Waals surface area contributed by atoms with Gasteiger partial charge in [-0.25, -0.2) is 4.79 Å². The van der Waals surface area contributed by atoms with E-state index in [0.717, 1.165) is 32.1 Å². The molecule has 0 saturated heterocycles. The fraction of sp³-hybridized carbons (Fsp3) is 0.714. The van der Waals surface area contributed by atoms with E-state index in [1.165, 1.54) is 4.57 Å². The van der Waals surface area contributed by atoms with Crippen LogP contribution in [0.1, 0.15) is 50.6 Å². The van der Waals surface area contributed by atoms with Crippen LogP contribution in [0.2, 0.25) is 5.15 Å². The van der Waals surface area contributed by atoms with Crippen LogP contribution in [0.3, 0.4) is 0 Å². The standard InChI is InChI=1S/C14H19ClN2O2/c1-2-3-10-12(15)16-14(19)17(13(10)18)11(8-4-5-8)9-6-7-9/h8-9,11H,2-7H2,1H3,(H,16,19). The zero-order valence-electron chi connectivity index (χ0n) is 11.1. The molecule has 1 N–H and O–H groups in total. The molecule has 3 rings (SSSR count). The van der Waals surface area contributed by atoms with Gasteiger partial charge in [0.15, 0.2) is 0 Å². The molecule has 0 aliphatic heterocycles. The maximum absolute atomic E-state index is 12.6. The number of aromatic amines is 1. The van der Waals surface area contributed by atoms with Crippen LogP contribution in [-0.2, 0) is 6.42 Å². The third-order valence-electron chi connectivity index (χ3n) is 4.19. The van der Waals surface area contributed by atoms with Gasteiger partial charge in [-0.05, 0) is 43.9 Å². The second-order valence-electron chi connectivity index (χ2n) is 5.81. The molecule has 2 aliphatic carbocycles. The maximum atomic E-state index is 12.6. The molecule has 0 atom stereocenters. The molecule has 19 heavy (non-hydrogen) atoms. The van der Waals surface area contributed by atoms with Crippen LogP contribution in [0.15, 0.2) is 9.59 Å². The van der Waals surface area contributed by atoms with E-state index in [9.17, 15) is 9.59 Å². The number of hydrogen-bond donors (Lipinski definition) is 1. The number of halogens is 1. The van der Waals surface area contributed by atoms with Gasteiger partial charge in [-0.15, -0.1) is 0 Å². The summed E-state index contributed by atoms with van der Waals surface area (Å²) in [7, 11) is 0. The molecule has 0 spiro atoms. The summed E-state index contributed by atoms with van der Waals surface area (Å²) >= 11 is 6.01. The molecule has 1 aromatic heterocycles. The van der Waals surface area contributed by atoms with Crippen molar-refractivity contribution in [2.75, 3.05) is 0 Å². The quantitative estimate of drug-likeness (QED) is 0.844. The number of hydrogen-bond acceptors (Lipinski definition) is 2. The van der Waals surface area contributed by atoms with Crippen LogP contribution < -0.4 is 11.2 Å². The van der Waals surface area contributed by atoms with Gasteiger partial charge in [-0.1, -0.05) is 24.9 Å². The lowest BCUT2D eigenvalue weighted by Crippen LogP contribution is -2.41. The predicted molar refractivity (Wildman–Crippen MR) is 74.8 cm³/mol. The smallest absolute Gasteiger partial charge is 0.297 e. The van der Waals surface area contributed by atoms with Crippen LogP contribution in [0.5, 0.6) is 0 Å². The summed E-state index contributed by atoms with van der Waals surface area (Å²) < 4.78 is 1.46. The fourth-order valence-corrected chi connectivity index (χ4v) is 3.24. The summed E-state index contributed by atoms with van der Waals surface area (Å²) in [5, 5.41) is 0.221. The average Bonchev–Trinajstić information content (AvgIpc) is 3.24. The summed E-state index contributed by atoms with van der Waals surface area (Å²) in [5.74, 6) is 1.03. The minimum absolute atomic E-state index is 0.101. The molecule has 2 saturated carbocycles. The van der Waals surface area contributed by atoms with Gasteiger partial charge in [0.05, 0.1) is 5.56 Å². The summed E-state index contributed by atoms with van der Waals surface area (Å²) in [4.78, 5) is 27.4. The lowest BCUT2D eigenvalue weighted by Gasteiger charge is -2.19. The van der Waals surface area contributed by atoms with Crippen molar-refractivity contribution < 1.29 is 0 Å². The van der Waals surface area contributed by atoms with E-state index in [0.29, 0.717) is 23.8 Å². The Kier molecular flexibility index (Phi) is 3.29. The molecular weight excluding hydrogens is 264 g/mol. The Balaban J connectivity index is 2.11. The third kappa shape index (κ3) is 2.38. The van der Waals surface area contributed by atoms with Gasteiger partial charge in [0.1, 0.15) is 5.15 Å². The highest BCUT2D eigenvalue weighted by molar-refractivity contribution is 6.30. The molecule has 2 aliphatic rings. The van der Waals surface area contributed by atoms with Crippen LogP contribution in [-0.4, -0.2) is 9.55 Å². The first-order valence-electron chi connectivity index (χ1n) is 7.16. The number of rotatable bonds is 5. The molecule has 1 aromatic rings. The minimum atomic E-state index is -0.335. The van der Waals surface area contributed by atoms with Crippen molar-refractivity contribution in [1.82, 2.24) is 9.55 Å². The first-order chi connectivity index (χ1) is 9.13. The fourth-order valence-electron chi connectivity index (χ4n) is 2.98. The van der Waals surface area contributed by atoms with Crippen LogP contribution in [0, 0.1) is 11.8 Å². The van der Waals surface area contributed by atoms with E-state index in [1.807, 2.05) is 6.92 Å². The molecule has 0 bridgehead atoms. The molecule has 5 heteroatoms. The Labute approximate surface area is 116 Å². The third-order valence-corrected chi connectivity index (χ3v) is 4.51. The van der Waals surface area contributed by atoms with E-state index in [1.54, 1.807) is 0 Å². The van der Waals surface area contributed by atoms with Gasteiger partial charge < -0.3 is 0 Å². The van der Waals surface area contributed by atoms with E-state index in [2.05, 4.69) is 4.98 Å². The van der Waals surface area contributed by atoms with Gasteiger partial charge in [0.2, 0.25) is 0 Å². The molecule has 0 aromatic carbocycles. The van der Waals surface area contributed by atoms with E-state index in [-0.39, 0.29) is 22.4 Å². The van der Waals surface area contributed by atoms with Crippen LogP contribution in [0.4, 0.5) is 0 Å². The van der Waals surface area contributed by atoms with Crippen molar-refractivity contribution in [3.8, 4) is 0 Å². The zero-order chi connectivity index (χ0) is 13.6. The van der Waals surface area contributed by atoms with Gasteiger partial charge in [0, 0.05) is 6.04 Å². The molecule has 0 unspecified atom stereocenters. The highest BCUT2D eigenvalue weighted by Crippen LogP contribution is 2.51. The van der Waals surface area contributed by atoms with Crippen LogP contribution in [0.25, 0.3) is 0 Å². The highest BCUT2D eigenvalue weighted by Gasteiger charge is 2.44. The van der Waals surface area contributed by atoms with Crippen molar-refractivity contribution in [2.24, 2.45) is 11.8 Å². The SMILES string of the molecule is CCCc1c(Cl)[nH]c(=O)n(C(C2CC2)C2CC2)c1=O. The molecule has 4 nitrogen and oxygen atoms in total. The molecule has 104 valence electrons. The second kappa shape index (κ2) is 4.82. The Hall–Kier alpha value is -1.03. The Morgan fingerprint density at radius 3 is 2.32 bits per heavy atom. The summed E-state index contributed by atoms with van der Waals surface area (Å²) in [5.41, 5.74) is 0.0631. The average molecular weight is 283 g/mol. The Bertz CT molecular complexity index is 584. The molecule has 1 heterocycles. The van der Waals surface area contributed by atoms with Crippen molar-refractivity contribution in [3.05, 3.63) is 31.6 Å². The van der Waals surface area contributed by atoms with E-state index >= 15 is 0 Å². The Morgan fingerprint density at radius 1 is 1.26 bits per heavy atom. The molecule has 0 amide bonds. The second-order valence-corrected chi connectivity index (χ2v) is 6.19. The van der Waals surface area contributed by atoms with Crippen molar-refractivity contribution >= 4 is 11.6 Å². The molecular formula is C14H19ClN2O2. The zero-order valence-corrected chi connectivity index (χ0v) is 11.9. The summed E-state index contributed by atoms with van der Waals surface area (Å²) in [6.45, 7) is 2.00. The molecule has 2 fully saturated rings. The van der Waals surface area contributed by atoms with Crippen molar-refractivity contribution in [3.63, 3.8) is 0 Å². The first-order valence-corrected chi connectivity index (χ1v) is 7.54. The van der Waals surface area contributed by atoms with Gasteiger partial charge in [0.25, 0.3) is 5.56 Å². The van der Waals surface area contributed by atoms with E-state index < -0.39 is 0 Å². The number of nitrogens with one attached hydrogen (secondary N) is 1.